The average molecular weight is 245 g/mol. The first-order valence-electron chi connectivity index (χ1n) is 4.82. The van der Waals surface area contributed by atoms with Crippen LogP contribution in [0.25, 0.3) is 0 Å². The Hall–Kier alpha value is -0.980. The van der Waals surface area contributed by atoms with Crippen LogP contribution in [0, 0.1) is 0 Å². The van der Waals surface area contributed by atoms with E-state index in [9.17, 15) is 4.79 Å². The lowest BCUT2D eigenvalue weighted by molar-refractivity contribution is 0.0783. The van der Waals surface area contributed by atoms with Gasteiger partial charge in [-0.2, -0.15) is 11.8 Å². The van der Waals surface area contributed by atoms with Gasteiger partial charge in [0.25, 0.3) is 5.91 Å². The third-order valence-electron chi connectivity index (χ3n) is 1.88. The van der Waals surface area contributed by atoms with E-state index >= 15 is 0 Å². The standard InChI is InChI=1S/C10H15NO4S/c1-16-6-8-2-3-9(15-8)10(14)11-4-7(13)5-12/h2-3,7,12-13H,4-6H2,1H3,(H,11,14). The quantitative estimate of drug-likeness (QED) is 0.668. The molecule has 0 radical (unpaired) electrons. The van der Waals surface area contributed by atoms with Gasteiger partial charge in [-0.05, 0) is 18.4 Å². The van der Waals surface area contributed by atoms with Crippen LogP contribution in [0.15, 0.2) is 16.5 Å². The molecule has 5 nitrogen and oxygen atoms in total. The van der Waals surface area contributed by atoms with Gasteiger partial charge in [-0.3, -0.25) is 4.79 Å². The summed E-state index contributed by atoms with van der Waals surface area (Å²) in [6, 6.07) is 3.33. The van der Waals surface area contributed by atoms with Gasteiger partial charge >= 0.3 is 0 Å². The predicted octanol–water partition coefficient (Wildman–Crippen LogP) is 0.226. The van der Waals surface area contributed by atoms with E-state index < -0.39 is 6.10 Å². The Bertz CT molecular complexity index is 339. The van der Waals surface area contributed by atoms with Crippen molar-refractivity contribution < 1.29 is 19.4 Å². The molecule has 0 fully saturated rings. The number of amides is 1. The number of aliphatic hydroxyl groups excluding tert-OH is 2. The van der Waals surface area contributed by atoms with Crippen molar-refractivity contribution >= 4 is 17.7 Å². The van der Waals surface area contributed by atoms with Crippen LogP contribution in [0.1, 0.15) is 16.3 Å². The molecule has 1 heterocycles. The number of nitrogens with one attached hydrogen (secondary N) is 1. The van der Waals surface area contributed by atoms with E-state index in [0.29, 0.717) is 5.75 Å². The normalized spacial score (nSPS) is 12.4. The van der Waals surface area contributed by atoms with Crippen molar-refractivity contribution in [1.29, 1.82) is 0 Å². The molecule has 3 N–H and O–H groups in total. The van der Waals surface area contributed by atoms with Gasteiger partial charge in [0.1, 0.15) is 5.76 Å². The van der Waals surface area contributed by atoms with Crippen molar-refractivity contribution in [2.45, 2.75) is 11.9 Å². The number of hydrogen-bond donors (Lipinski definition) is 3. The molecule has 6 heteroatoms. The largest absolute Gasteiger partial charge is 0.455 e. The van der Waals surface area contributed by atoms with E-state index in [-0.39, 0.29) is 24.8 Å². The van der Waals surface area contributed by atoms with Crippen LogP contribution in [0.3, 0.4) is 0 Å². The maximum absolute atomic E-state index is 11.5. The molecule has 1 rings (SSSR count). The Morgan fingerprint density at radius 2 is 2.38 bits per heavy atom. The molecule has 0 saturated heterocycles. The Kier molecular flexibility index (Phi) is 5.37. The van der Waals surface area contributed by atoms with Crippen LogP contribution in [-0.2, 0) is 5.75 Å². The fourth-order valence-electron chi connectivity index (χ4n) is 1.08. The molecule has 1 aromatic rings. The topological polar surface area (TPSA) is 82.7 Å². The monoisotopic (exact) mass is 245 g/mol. The Labute approximate surface area is 97.8 Å². The van der Waals surface area contributed by atoms with Crippen LogP contribution in [0.4, 0.5) is 0 Å². The summed E-state index contributed by atoms with van der Waals surface area (Å²) in [6.07, 6.45) is 1.00. The van der Waals surface area contributed by atoms with Crippen molar-refractivity contribution in [3.05, 3.63) is 23.7 Å². The third-order valence-corrected chi connectivity index (χ3v) is 2.45. The van der Waals surface area contributed by atoms with Gasteiger partial charge in [-0.1, -0.05) is 0 Å². The molecule has 90 valence electrons. The lowest BCUT2D eigenvalue weighted by Crippen LogP contribution is -2.33. The highest BCUT2D eigenvalue weighted by molar-refractivity contribution is 7.97. The lowest BCUT2D eigenvalue weighted by atomic mass is 10.3. The minimum atomic E-state index is -0.940. The van der Waals surface area contributed by atoms with Gasteiger partial charge < -0.3 is 19.9 Å². The molecule has 0 bridgehead atoms. The molecule has 0 saturated carbocycles. The number of thioether (sulfide) groups is 1. The summed E-state index contributed by atoms with van der Waals surface area (Å²) in [5.74, 6) is 1.28. The molecule has 1 amide bonds. The third kappa shape index (κ3) is 3.88. The second kappa shape index (κ2) is 6.57. The first-order valence-corrected chi connectivity index (χ1v) is 6.21. The molecule has 1 unspecified atom stereocenters. The Balaban J connectivity index is 2.46. The number of aliphatic hydroxyl groups is 2. The van der Waals surface area contributed by atoms with Gasteiger partial charge in [0.05, 0.1) is 18.5 Å². The van der Waals surface area contributed by atoms with Crippen LogP contribution in [0.5, 0.6) is 0 Å². The molecule has 0 spiro atoms. The van der Waals surface area contributed by atoms with E-state index in [2.05, 4.69) is 5.32 Å². The Morgan fingerprint density at radius 1 is 1.62 bits per heavy atom. The minimum Gasteiger partial charge on any atom is -0.455 e. The molecule has 1 aromatic heterocycles. The van der Waals surface area contributed by atoms with Gasteiger partial charge in [0, 0.05) is 6.54 Å². The van der Waals surface area contributed by atoms with E-state index in [0.717, 1.165) is 5.76 Å². The maximum atomic E-state index is 11.5. The summed E-state index contributed by atoms with van der Waals surface area (Å²) in [6.45, 7) is -0.371. The molecule has 0 aliphatic heterocycles. The number of rotatable bonds is 6. The van der Waals surface area contributed by atoms with Crippen LogP contribution < -0.4 is 5.32 Å². The van der Waals surface area contributed by atoms with E-state index in [1.54, 1.807) is 23.9 Å². The fourth-order valence-corrected chi connectivity index (χ4v) is 1.52. The fraction of sp³-hybridized carbons (Fsp3) is 0.500. The first kappa shape index (κ1) is 13.1. The number of carbonyl (C=O) groups excluding carboxylic acids is 1. The van der Waals surface area contributed by atoms with Crippen LogP contribution in [0.2, 0.25) is 0 Å². The smallest absolute Gasteiger partial charge is 0.287 e. The van der Waals surface area contributed by atoms with Crippen LogP contribution >= 0.6 is 11.8 Å². The summed E-state index contributed by atoms with van der Waals surface area (Å²) in [5, 5.41) is 20.1. The minimum absolute atomic E-state index is 0.00783. The SMILES string of the molecule is CSCc1ccc(C(=O)NCC(O)CO)o1. The zero-order valence-electron chi connectivity index (χ0n) is 8.97. The molecular weight excluding hydrogens is 230 g/mol. The van der Waals surface area contributed by atoms with E-state index in [1.807, 2.05) is 6.26 Å². The summed E-state index contributed by atoms with van der Waals surface area (Å²) in [5.41, 5.74) is 0. The maximum Gasteiger partial charge on any atom is 0.287 e. The summed E-state index contributed by atoms with van der Waals surface area (Å²) in [7, 11) is 0. The first-order chi connectivity index (χ1) is 7.67. The zero-order valence-corrected chi connectivity index (χ0v) is 9.79. The second-order valence-corrected chi connectivity index (χ2v) is 4.11. The van der Waals surface area contributed by atoms with Crippen molar-refractivity contribution in [3.63, 3.8) is 0 Å². The van der Waals surface area contributed by atoms with Crippen LogP contribution in [-0.4, -0.2) is 41.6 Å². The van der Waals surface area contributed by atoms with Crippen molar-refractivity contribution in [2.24, 2.45) is 0 Å². The van der Waals surface area contributed by atoms with E-state index in [4.69, 9.17) is 14.6 Å². The molecule has 0 aliphatic carbocycles. The second-order valence-electron chi connectivity index (χ2n) is 3.25. The number of carbonyl (C=O) groups is 1. The molecule has 0 aliphatic rings. The number of hydrogen-bond acceptors (Lipinski definition) is 5. The summed E-state index contributed by atoms with van der Waals surface area (Å²) >= 11 is 1.60. The Morgan fingerprint density at radius 3 is 3.00 bits per heavy atom. The molecule has 16 heavy (non-hydrogen) atoms. The van der Waals surface area contributed by atoms with Crippen molar-refractivity contribution in [3.8, 4) is 0 Å². The highest BCUT2D eigenvalue weighted by Gasteiger charge is 2.12. The van der Waals surface area contributed by atoms with Gasteiger partial charge in [0.2, 0.25) is 0 Å². The highest BCUT2D eigenvalue weighted by Crippen LogP contribution is 2.13. The predicted molar refractivity (Wildman–Crippen MR) is 61.4 cm³/mol. The van der Waals surface area contributed by atoms with E-state index in [1.165, 1.54) is 0 Å². The molecule has 1 atom stereocenters. The van der Waals surface area contributed by atoms with Crippen molar-refractivity contribution in [2.75, 3.05) is 19.4 Å². The lowest BCUT2D eigenvalue weighted by Gasteiger charge is -2.07. The number of furan rings is 1. The molecular formula is C10H15NO4S. The van der Waals surface area contributed by atoms with Crippen molar-refractivity contribution in [1.82, 2.24) is 5.32 Å². The highest BCUT2D eigenvalue weighted by atomic mass is 32.2. The molecule has 0 aromatic carbocycles. The zero-order chi connectivity index (χ0) is 12.0. The summed E-state index contributed by atoms with van der Waals surface area (Å²) in [4.78, 5) is 11.5. The average Bonchev–Trinajstić information content (AvgIpc) is 2.74. The van der Waals surface area contributed by atoms with Gasteiger partial charge in [-0.25, -0.2) is 0 Å². The van der Waals surface area contributed by atoms with Gasteiger partial charge in [-0.15, -0.1) is 0 Å². The van der Waals surface area contributed by atoms with Gasteiger partial charge in [0.15, 0.2) is 5.76 Å². The summed E-state index contributed by atoms with van der Waals surface area (Å²) < 4.78 is 5.27.